The molecule has 0 aliphatic heterocycles. The van der Waals surface area contributed by atoms with Gasteiger partial charge in [0.2, 0.25) is 0 Å². The average molecular weight is 352 g/mol. The van der Waals surface area contributed by atoms with Crippen molar-refractivity contribution in [2.45, 2.75) is 13.3 Å². The predicted octanol–water partition coefficient (Wildman–Crippen LogP) is 3.69. The van der Waals surface area contributed by atoms with E-state index in [1.54, 1.807) is 31.2 Å². The van der Waals surface area contributed by atoms with Crippen molar-refractivity contribution < 1.29 is 24.5 Å². The maximum Gasteiger partial charge on any atom is 0.189 e. The van der Waals surface area contributed by atoms with Crippen molar-refractivity contribution in [1.29, 1.82) is 0 Å². The SMILES string of the molecule is C=C(C)C(=O)Cc1c(OC)ccc(C(=O)/C=C/c2ccc(O)cc2)c1O. The lowest BCUT2D eigenvalue weighted by atomic mass is 9.98. The third-order valence-corrected chi connectivity index (χ3v) is 3.86. The van der Waals surface area contributed by atoms with Crippen LogP contribution in [0.2, 0.25) is 0 Å². The summed E-state index contributed by atoms with van der Waals surface area (Å²) in [6.07, 6.45) is 2.79. The molecule has 0 spiro atoms. The van der Waals surface area contributed by atoms with E-state index in [1.807, 2.05) is 0 Å². The summed E-state index contributed by atoms with van der Waals surface area (Å²) in [6, 6.07) is 9.33. The summed E-state index contributed by atoms with van der Waals surface area (Å²) in [5.74, 6) is -0.478. The lowest BCUT2D eigenvalue weighted by molar-refractivity contribution is -0.114. The quantitative estimate of drug-likeness (QED) is 0.586. The molecule has 0 aromatic heterocycles. The van der Waals surface area contributed by atoms with Gasteiger partial charge in [-0.15, -0.1) is 0 Å². The number of phenolic OH excluding ortho intramolecular Hbond substituents is 2. The van der Waals surface area contributed by atoms with E-state index in [0.29, 0.717) is 11.3 Å². The summed E-state index contributed by atoms with van der Waals surface area (Å²) in [4.78, 5) is 24.4. The monoisotopic (exact) mass is 352 g/mol. The van der Waals surface area contributed by atoms with Crippen molar-refractivity contribution in [3.05, 3.63) is 71.3 Å². The number of Topliss-reactive ketones (excluding diaryl/α,β-unsaturated/α-hetero) is 1. The van der Waals surface area contributed by atoms with E-state index >= 15 is 0 Å². The number of carbonyl (C=O) groups is 2. The Morgan fingerprint density at radius 3 is 2.35 bits per heavy atom. The van der Waals surface area contributed by atoms with Crippen molar-refractivity contribution in [3.63, 3.8) is 0 Å². The number of allylic oxidation sites excluding steroid dienone is 2. The number of hydrogen-bond acceptors (Lipinski definition) is 5. The molecule has 2 aromatic rings. The maximum absolute atomic E-state index is 12.4. The molecule has 2 aromatic carbocycles. The van der Waals surface area contributed by atoms with Gasteiger partial charge < -0.3 is 14.9 Å². The van der Waals surface area contributed by atoms with Crippen molar-refractivity contribution in [2.24, 2.45) is 0 Å². The van der Waals surface area contributed by atoms with E-state index in [9.17, 15) is 19.8 Å². The van der Waals surface area contributed by atoms with Gasteiger partial charge in [-0.1, -0.05) is 24.8 Å². The minimum Gasteiger partial charge on any atom is -0.508 e. The molecule has 0 bridgehead atoms. The van der Waals surface area contributed by atoms with Crippen LogP contribution in [0.25, 0.3) is 6.08 Å². The highest BCUT2D eigenvalue weighted by atomic mass is 16.5. The summed E-state index contributed by atoms with van der Waals surface area (Å²) >= 11 is 0. The first-order valence-electron chi connectivity index (χ1n) is 7.92. The fraction of sp³-hybridized carbons (Fsp3) is 0.143. The number of aromatic hydroxyl groups is 2. The fourth-order valence-electron chi connectivity index (χ4n) is 2.34. The normalized spacial score (nSPS) is 10.7. The van der Waals surface area contributed by atoms with Gasteiger partial charge in [0.15, 0.2) is 11.6 Å². The summed E-state index contributed by atoms with van der Waals surface area (Å²) < 4.78 is 5.19. The molecule has 0 fully saturated rings. The zero-order valence-electron chi connectivity index (χ0n) is 14.7. The Morgan fingerprint density at radius 1 is 1.12 bits per heavy atom. The zero-order valence-corrected chi connectivity index (χ0v) is 14.7. The van der Waals surface area contributed by atoms with E-state index < -0.39 is 5.78 Å². The molecule has 5 nitrogen and oxygen atoms in total. The number of methoxy groups -OCH3 is 1. The van der Waals surface area contributed by atoms with Crippen LogP contribution in [0.3, 0.4) is 0 Å². The molecular formula is C21H20O5. The third-order valence-electron chi connectivity index (χ3n) is 3.86. The van der Waals surface area contributed by atoms with Crippen LogP contribution in [0.5, 0.6) is 17.2 Å². The average Bonchev–Trinajstić information content (AvgIpc) is 2.62. The van der Waals surface area contributed by atoms with Crippen molar-refractivity contribution in [3.8, 4) is 17.2 Å². The molecule has 0 unspecified atom stereocenters. The van der Waals surface area contributed by atoms with E-state index in [-0.39, 0.29) is 34.8 Å². The van der Waals surface area contributed by atoms with Gasteiger partial charge in [-0.2, -0.15) is 0 Å². The van der Waals surface area contributed by atoms with Crippen LogP contribution in [-0.2, 0) is 11.2 Å². The van der Waals surface area contributed by atoms with Gasteiger partial charge in [0.05, 0.1) is 12.7 Å². The molecule has 0 heterocycles. The fourth-order valence-corrected chi connectivity index (χ4v) is 2.34. The number of rotatable bonds is 7. The first kappa shape index (κ1) is 19.0. The highest BCUT2D eigenvalue weighted by Crippen LogP contribution is 2.33. The van der Waals surface area contributed by atoms with Crippen molar-refractivity contribution >= 4 is 17.6 Å². The second kappa shape index (κ2) is 8.16. The molecule has 134 valence electrons. The van der Waals surface area contributed by atoms with Crippen LogP contribution < -0.4 is 4.74 Å². The number of phenols is 2. The molecule has 2 rings (SSSR count). The van der Waals surface area contributed by atoms with Crippen molar-refractivity contribution in [1.82, 2.24) is 0 Å². The number of carbonyl (C=O) groups excluding carboxylic acids is 2. The molecule has 0 atom stereocenters. The van der Waals surface area contributed by atoms with E-state index in [1.165, 1.54) is 31.4 Å². The Bertz CT molecular complexity index is 876. The molecule has 26 heavy (non-hydrogen) atoms. The first-order valence-corrected chi connectivity index (χ1v) is 7.92. The number of hydrogen-bond donors (Lipinski definition) is 2. The van der Waals surface area contributed by atoms with Gasteiger partial charge in [0.25, 0.3) is 0 Å². The Morgan fingerprint density at radius 2 is 1.77 bits per heavy atom. The topological polar surface area (TPSA) is 83.8 Å². The lowest BCUT2D eigenvalue weighted by Gasteiger charge is -2.12. The maximum atomic E-state index is 12.4. The number of ketones is 2. The smallest absolute Gasteiger partial charge is 0.189 e. The Hall–Kier alpha value is -3.34. The highest BCUT2D eigenvalue weighted by Gasteiger charge is 2.19. The summed E-state index contributed by atoms with van der Waals surface area (Å²) in [5, 5.41) is 19.8. The number of ether oxygens (including phenoxy) is 1. The standard InChI is InChI=1S/C21H20O5/c1-13(2)19(24)12-17-20(26-3)11-9-16(21(17)25)18(23)10-6-14-4-7-15(22)8-5-14/h4-11,22,25H,1,12H2,2-3H3/b10-6+. The second-order valence-corrected chi connectivity index (χ2v) is 5.81. The Kier molecular flexibility index (Phi) is 5.96. The van der Waals surface area contributed by atoms with Gasteiger partial charge in [-0.05, 0) is 48.4 Å². The Labute approximate surface area is 151 Å². The minimum atomic E-state index is -0.415. The summed E-state index contributed by atoms with van der Waals surface area (Å²) in [7, 11) is 1.43. The third kappa shape index (κ3) is 4.39. The van der Waals surface area contributed by atoms with Crippen LogP contribution in [-0.4, -0.2) is 28.9 Å². The minimum absolute atomic E-state index is 0.0744. The van der Waals surface area contributed by atoms with Crippen LogP contribution in [0.1, 0.15) is 28.4 Å². The van der Waals surface area contributed by atoms with Crippen LogP contribution in [0, 0.1) is 0 Å². The zero-order chi connectivity index (χ0) is 19.3. The molecule has 0 saturated carbocycles. The number of benzene rings is 2. The van der Waals surface area contributed by atoms with E-state index in [0.717, 1.165) is 5.56 Å². The molecule has 0 aliphatic carbocycles. The van der Waals surface area contributed by atoms with Gasteiger partial charge in [0.1, 0.15) is 17.2 Å². The largest absolute Gasteiger partial charge is 0.508 e. The summed E-state index contributed by atoms with van der Waals surface area (Å²) in [5.41, 5.74) is 1.41. The highest BCUT2D eigenvalue weighted by molar-refractivity contribution is 6.09. The van der Waals surface area contributed by atoms with Gasteiger partial charge in [-0.25, -0.2) is 0 Å². The van der Waals surface area contributed by atoms with Crippen LogP contribution in [0.4, 0.5) is 0 Å². The molecule has 0 radical (unpaired) electrons. The van der Waals surface area contributed by atoms with Gasteiger partial charge >= 0.3 is 0 Å². The molecule has 2 N–H and O–H groups in total. The molecular weight excluding hydrogens is 332 g/mol. The summed E-state index contributed by atoms with van der Waals surface area (Å²) in [6.45, 7) is 5.18. The molecule has 0 amide bonds. The second-order valence-electron chi connectivity index (χ2n) is 5.81. The van der Waals surface area contributed by atoms with Crippen LogP contribution in [0.15, 0.2) is 54.6 Å². The van der Waals surface area contributed by atoms with E-state index in [2.05, 4.69) is 6.58 Å². The lowest BCUT2D eigenvalue weighted by Crippen LogP contribution is -2.07. The van der Waals surface area contributed by atoms with Gasteiger partial charge in [-0.3, -0.25) is 9.59 Å². The molecule has 5 heteroatoms. The van der Waals surface area contributed by atoms with Gasteiger partial charge in [0, 0.05) is 12.0 Å². The van der Waals surface area contributed by atoms with E-state index in [4.69, 9.17) is 4.74 Å². The van der Waals surface area contributed by atoms with Crippen LogP contribution >= 0.6 is 0 Å². The van der Waals surface area contributed by atoms with Crippen molar-refractivity contribution in [2.75, 3.05) is 7.11 Å². The predicted molar refractivity (Wildman–Crippen MR) is 99.7 cm³/mol. The Balaban J connectivity index is 2.33. The molecule has 0 saturated heterocycles. The first-order chi connectivity index (χ1) is 12.3. The molecule has 0 aliphatic rings.